The number of carbonyl (C=O) groups is 1. The molecular formula is C21H22ClN3O3. The lowest BCUT2D eigenvalue weighted by Crippen LogP contribution is -2.27. The second-order valence-corrected chi connectivity index (χ2v) is 7.23. The van der Waals surface area contributed by atoms with Crippen LogP contribution in [-0.4, -0.2) is 22.3 Å². The van der Waals surface area contributed by atoms with Gasteiger partial charge in [0.05, 0.1) is 17.0 Å². The van der Waals surface area contributed by atoms with Crippen LogP contribution in [0, 0.1) is 5.92 Å². The average molecular weight is 400 g/mol. The molecule has 0 aliphatic carbocycles. The number of nitrogens with one attached hydrogen (secondary N) is 1. The Labute approximate surface area is 168 Å². The normalized spacial score (nSPS) is 11.0. The summed E-state index contributed by atoms with van der Waals surface area (Å²) in [6.07, 6.45) is 0. The molecular weight excluding hydrogens is 378 g/mol. The summed E-state index contributed by atoms with van der Waals surface area (Å²) in [5, 5.41) is 8.42. The number of ether oxygens (including phenoxy) is 1. The molecule has 7 heteroatoms. The molecule has 0 aliphatic heterocycles. The summed E-state index contributed by atoms with van der Waals surface area (Å²) in [6.45, 7) is 6.84. The lowest BCUT2D eigenvalue weighted by atomic mass is 10.1. The lowest BCUT2D eigenvalue weighted by Gasteiger charge is -2.13. The van der Waals surface area contributed by atoms with Gasteiger partial charge in [-0.3, -0.25) is 9.59 Å². The van der Waals surface area contributed by atoms with Crippen molar-refractivity contribution in [3.05, 3.63) is 63.5 Å². The Kier molecular flexibility index (Phi) is 5.99. The van der Waals surface area contributed by atoms with Gasteiger partial charge in [0.1, 0.15) is 5.75 Å². The van der Waals surface area contributed by atoms with E-state index in [4.69, 9.17) is 16.3 Å². The number of fused-ring (bicyclic) bond motifs is 1. The Bertz CT molecular complexity index is 1080. The van der Waals surface area contributed by atoms with E-state index in [1.807, 2.05) is 0 Å². The van der Waals surface area contributed by atoms with Gasteiger partial charge >= 0.3 is 0 Å². The first kappa shape index (κ1) is 19.9. The summed E-state index contributed by atoms with van der Waals surface area (Å²) in [7, 11) is 0. The zero-order valence-corrected chi connectivity index (χ0v) is 16.8. The van der Waals surface area contributed by atoms with Crippen LogP contribution in [0.5, 0.6) is 5.75 Å². The van der Waals surface area contributed by atoms with Gasteiger partial charge < -0.3 is 10.1 Å². The third-order valence-electron chi connectivity index (χ3n) is 4.14. The van der Waals surface area contributed by atoms with E-state index in [-0.39, 0.29) is 11.3 Å². The first-order valence-electron chi connectivity index (χ1n) is 9.14. The quantitative estimate of drug-likeness (QED) is 0.668. The lowest BCUT2D eigenvalue weighted by molar-refractivity contribution is 0.102. The van der Waals surface area contributed by atoms with E-state index in [2.05, 4.69) is 24.3 Å². The predicted octanol–water partition coefficient (Wildman–Crippen LogP) is 4.36. The molecule has 0 atom stereocenters. The summed E-state index contributed by atoms with van der Waals surface area (Å²) in [4.78, 5) is 25.3. The molecule has 28 heavy (non-hydrogen) atoms. The SMILES string of the molecule is CCn1nc(C(=O)Nc2ccc(OCC(C)C)c(Cl)c2)c2ccccc2c1=O. The number of amides is 1. The molecule has 1 heterocycles. The Morgan fingerprint density at radius 1 is 1.21 bits per heavy atom. The van der Waals surface area contributed by atoms with E-state index >= 15 is 0 Å². The summed E-state index contributed by atoms with van der Waals surface area (Å²) in [5.41, 5.74) is 0.490. The number of nitrogens with zero attached hydrogens (tertiary/aromatic N) is 2. The number of anilines is 1. The smallest absolute Gasteiger partial charge is 0.276 e. The van der Waals surface area contributed by atoms with Gasteiger partial charge in [-0.2, -0.15) is 5.10 Å². The van der Waals surface area contributed by atoms with Crippen LogP contribution in [0.1, 0.15) is 31.3 Å². The minimum Gasteiger partial charge on any atom is -0.492 e. The maximum Gasteiger partial charge on any atom is 0.276 e. The molecule has 146 valence electrons. The second kappa shape index (κ2) is 8.44. The van der Waals surface area contributed by atoms with Gasteiger partial charge in [-0.1, -0.05) is 43.6 Å². The molecule has 2 aromatic carbocycles. The molecule has 0 aliphatic rings. The van der Waals surface area contributed by atoms with Crippen LogP contribution in [0.3, 0.4) is 0 Å². The van der Waals surface area contributed by atoms with Gasteiger partial charge in [0.2, 0.25) is 0 Å². The van der Waals surface area contributed by atoms with Crippen molar-refractivity contribution in [2.45, 2.75) is 27.3 Å². The molecule has 0 spiro atoms. The van der Waals surface area contributed by atoms with E-state index in [0.717, 1.165) is 0 Å². The van der Waals surface area contributed by atoms with E-state index in [0.29, 0.717) is 46.3 Å². The van der Waals surface area contributed by atoms with Crippen molar-refractivity contribution >= 4 is 34.0 Å². The molecule has 0 fully saturated rings. The highest BCUT2D eigenvalue weighted by molar-refractivity contribution is 6.32. The second-order valence-electron chi connectivity index (χ2n) is 6.82. The molecule has 1 amide bonds. The average Bonchev–Trinajstić information content (AvgIpc) is 2.67. The van der Waals surface area contributed by atoms with Crippen molar-refractivity contribution in [3.8, 4) is 5.75 Å². The van der Waals surface area contributed by atoms with Gasteiger partial charge in [-0.25, -0.2) is 4.68 Å². The van der Waals surface area contributed by atoms with Gasteiger partial charge in [0, 0.05) is 17.6 Å². The van der Waals surface area contributed by atoms with Crippen LogP contribution in [0.15, 0.2) is 47.3 Å². The Hall–Kier alpha value is -2.86. The molecule has 0 bridgehead atoms. The van der Waals surface area contributed by atoms with Crippen molar-refractivity contribution in [3.63, 3.8) is 0 Å². The predicted molar refractivity (Wildman–Crippen MR) is 111 cm³/mol. The fourth-order valence-corrected chi connectivity index (χ4v) is 2.99. The zero-order valence-electron chi connectivity index (χ0n) is 16.0. The van der Waals surface area contributed by atoms with Crippen molar-refractivity contribution in [2.75, 3.05) is 11.9 Å². The minimum atomic E-state index is -0.412. The highest BCUT2D eigenvalue weighted by atomic mass is 35.5. The fourth-order valence-electron chi connectivity index (χ4n) is 2.76. The number of aryl methyl sites for hydroxylation is 1. The van der Waals surface area contributed by atoms with Crippen LogP contribution < -0.4 is 15.6 Å². The van der Waals surface area contributed by atoms with Gasteiger partial charge in [0.15, 0.2) is 5.69 Å². The first-order chi connectivity index (χ1) is 13.4. The molecule has 0 unspecified atom stereocenters. The van der Waals surface area contributed by atoms with Gasteiger partial charge in [0.25, 0.3) is 11.5 Å². The van der Waals surface area contributed by atoms with Crippen molar-refractivity contribution in [1.29, 1.82) is 0 Å². The third-order valence-corrected chi connectivity index (χ3v) is 4.44. The summed E-state index contributed by atoms with van der Waals surface area (Å²) in [5.74, 6) is 0.533. The van der Waals surface area contributed by atoms with Gasteiger partial charge in [-0.05, 0) is 37.1 Å². The third kappa shape index (κ3) is 4.17. The van der Waals surface area contributed by atoms with Crippen molar-refractivity contribution in [1.82, 2.24) is 9.78 Å². The monoisotopic (exact) mass is 399 g/mol. The van der Waals surface area contributed by atoms with Crippen molar-refractivity contribution in [2.24, 2.45) is 5.92 Å². The summed E-state index contributed by atoms with van der Waals surface area (Å²) < 4.78 is 6.93. The largest absolute Gasteiger partial charge is 0.492 e. The molecule has 0 saturated carbocycles. The number of carbonyl (C=O) groups excluding carboxylic acids is 1. The molecule has 1 N–H and O–H groups in total. The van der Waals surface area contributed by atoms with Crippen molar-refractivity contribution < 1.29 is 9.53 Å². The maximum atomic E-state index is 12.9. The van der Waals surface area contributed by atoms with E-state index in [1.54, 1.807) is 49.4 Å². The molecule has 3 aromatic rings. The van der Waals surface area contributed by atoms with Crippen LogP contribution >= 0.6 is 11.6 Å². The molecule has 6 nitrogen and oxygen atoms in total. The minimum absolute atomic E-state index is 0.188. The Balaban J connectivity index is 1.90. The topological polar surface area (TPSA) is 73.2 Å². The first-order valence-corrected chi connectivity index (χ1v) is 9.52. The van der Waals surface area contributed by atoms with Crippen LogP contribution in [-0.2, 0) is 6.54 Å². The Morgan fingerprint density at radius 2 is 1.93 bits per heavy atom. The molecule has 0 saturated heterocycles. The summed E-state index contributed by atoms with van der Waals surface area (Å²) in [6, 6.07) is 12.0. The number of benzene rings is 2. The number of aromatic nitrogens is 2. The summed E-state index contributed by atoms with van der Waals surface area (Å²) >= 11 is 6.27. The highest BCUT2D eigenvalue weighted by Crippen LogP contribution is 2.28. The van der Waals surface area contributed by atoms with E-state index < -0.39 is 5.91 Å². The van der Waals surface area contributed by atoms with Crippen LogP contribution in [0.25, 0.3) is 10.8 Å². The number of hydrogen-bond acceptors (Lipinski definition) is 4. The van der Waals surface area contributed by atoms with Crippen LogP contribution in [0.2, 0.25) is 5.02 Å². The Morgan fingerprint density at radius 3 is 2.57 bits per heavy atom. The standard InChI is InChI=1S/C21H22ClN3O3/c1-4-25-21(27)16-8-6-5-7-15(16)19(24-25)20(26)23-14-9-10-18(17(22)11-14)28-12-13(2)3/h5-11,13H,4,12H2,1-3H3,(H,23,26). The molecule has 1 aromatic heterocycles. The van der Waals surface area contributed by atoms with Gasteiger partial charge in [-0.15, -0.1) is 0 Å². The number of halogens is 1. The zero-order chi connectivity index (χ0) is 20.3. The van der Waals surface area contributed by atoms with Crippen LogP contribution in [0.4, 0.5) is 5.69 Å². The van der Waals surface area contributed by atoms with E-state index in [1.165, 1.54) is 4.68 Å². The molecule has 3 rings (SSSR count). The number of hydrogen-bond donors (Lipinski definition) is 1. The highest BCUT2D eigenvalue weighted by Gasteiger charge is 2.17. The van der Waals surface area contributed by atoms with E-state index in [9.17, 15) is 9.59 Å². The maximum absolute atomic E-state index is 12.9. The fraction of sp³-hybridized carbons (Fsp3) is 0.286. The molecule has 0 radical (unpaired) electrons. The number of rotatable bonds is 6.